The Morgan fingerprint density at radius 1 is 1.20 bits per heavy atom. The Labute approximate surface area is 122 Å². The van der Waals surface area contributed by atoms with E-state index in [4.69, 9.17) is 17.0 Å². The first kappa shape index (κ1) is 12.9. The zero-order chi connectivity index (χ0) is 13.9. The van der Waals surface area contributed by atoms with E-state index in [1.54, 1.807) is 0 Å². The van der Waals surface area contributed by atoms with Gasteiger partial charge in [0, 0.05) is 17.5 Å². The molecule has 0 spiro atoms. The predicted molar refractivity (Wildman–Crippen MR) is 82.7 cm³/mol. The molecule has 1 aliphatic rings. The third-order valence-electron chi connectivity index (χ3n) is 3.28. The fourth-order valence-electron chi connectivity index (χ4n) is 2.28. The number of carbonyl (C=O) groups is 1. The second-order valence-electron chi connectivity index (χ2n) is 4.63. The Balaban J connectivity index is 1.76. The minimum Gasteiger partial charge on any atom is -0.464 e. The molecule has 0 amide bonds. The van der Waals surface area contributed by atoms with Crippen LogP contribution in [-0.4, -0.2) is 23.7 Å². The third kappa shape index (κ3) is 2.58. The van der Waals surface area contributed by atoms with Crippen molar-refractivity contribution in [3.63, 3.8) is 0 Å². The Morgan fingerprint density at radius 2 is 2.00 bits per heavy atom. The van der Waals surface area contributed by atoms with Crippen LogP contribution >= 0.6 is 12.2 Å². The van der Waals surface area contributed by atoms with Gasteiger partial charge in [0.1, 0.15) is 6.04 Å². The van der Waals surface area contributed by atoms with E-state index in [1.165, 1.54) is 0 Å². The van der Waals surface area contributed by atoms with Crippen molar-refractivity contribution in [3.8, 4) is 0 Å². The number of thiocarbonyl (C=S) groups is 1. The molecule has 1 aliphatic heterocycles. The van der Waals surface area contributed by atoms with E-state index in [9.17, 15) is 4.79 Å². The van der Waals surface area contributed by atoms with Crippen molar-refractivity contribution < 1.29 is 9.53 Å². The SMILES string of the molecule is O=C1OCCC1NC(=S)Nc1cccc2ccccc12. The lowest BCUT2D eigenvalue weighted by Crippen LogP contribution is -2.40. The number of hydrogen-bond donors (Lipinski definition) is 2. The molecule has 1 atom stereocenters. The first-order chi connectivity index (χ1) is 9.74. The second kappa shape index (κ2) is 5.46. The number of cyclic esters (lactones) is 1. The molecule has 1 fully saturated rings. The summed E-state index contributed by atoms with van der Waals surface area (Å²) >= 11 is 5.26. The van der Waals surface area contributed by atoms with E-state index in [0.29, 0.717) is 18.1 Å². The first-order valence-electron chi connectivity index (χ1n) is 6.46. The fourth-order valence-corrected chi connectivity index (χ4v) is 2.53. The summed E-state index contributed by atoms with van der Waals surface area (Å²) in [7, 11) is 0. The normalized spacial score (nSPS) is 17.8. The van der Waals surface area contributed by atoms with Gasteiger partial charge in [0.15, 0.2) is 5.11 Å². The molecule has 2 aromatic carbocycles. The standard InChI is InChI=1S/C15H14N2O2S/c18-14-13(8-9-19-14)17-15(20)16-12-7-3-5-10-4-1-2-6-11(10)12/h1-7,13H,8-9H2,(H2,16,17,20). The van der Waals surface area contributed by atoms with Crippen molar-refractivity contribution in [1.29, 1.82) is 0 Å². The summed E-state index contributed by atoms with van der Waals surface area (Å²) in [6.07, 6.45) is 0.649. The van der Waals surface area contributed by atoms with Gasteiger partial charge in [-0.15, -0.1) is 0 Å². The molecule has 20 heavy (non-hydrogen) atoms. The number of carbonyl (C=O) groups excluding carboxylic acids is 1. The van der Waals surface area contributed by atoms with Gasteiger partial charge in [0.25, 0.3) is 0 Å². The van der Waals surface area contributed by atoms with Crippen LogP contribution in [0.4, 0.5) is 5.69 Å². The molecular weight excluding hydrogens is 272 g/mol. The maximum absolute atomic E-state index is 11.4. The number of fused-ring (bicyclic) bond motifs is 1. The number of esters is 1. The molecule has 102 valence electrons. The van der Waals surface area contributed by atoms with E-state index in [-0.39, 0.29) is 12.0 Å². The average molecular weight is 286 g/mol. The third-order valence-corrected chi connectivity index (χ3v) is 3.50. The van der Waals surface area contributed by atoms with Crippen LogP contribution < -0.4 is 10.6 Å². The van der Waals surface area contributed by atoms with E-state index >= 15 is 0 Å². The Hall–Kier alpha value is -2.14. The van der Waals surface area contributed by atoms with Crippen molar-refractivity contribution in [2.45, 2.75) is 12.5 Å². The fraction of sp³-hybridized carbons (Fsp3) is 0.200. The highest BCUT2D eigenvalue weighted by Gasteiger charge is 2.26. The van der Waals surface area contributed by atoms with Crippen LogP contribution in [0.1, 0.15) is 6.42 Å². The molecule has 0 bridgehead atoms. The van der Waals surface area contributed by atoms with Gasteiger partial charge in [-0.05, 0) is 23.7 Å². The molecule has 0 aliphatic carbocycles. The molecule has 4 nitrogen and oxygen atoms in total. The Bertz CT molecular complexity index is 666. The van der Waals surface area contributed by atoms with Gasteiger partial charge in [0.2, 0.25) is 0 Å². The van der Waals surface area contributed by atoms with E-state index in [2.05, 4.69) is 10.6 Å². The van der Waals surface area contributed by atoms with Crippen LogP contribution in [0, 0.1) is 0 Å². The summed E-state index contributed by atoms with van der Waals surface area (Å²) in [6.45, 7) is 0.452. The van der Waals surface area contributed by atoms with Gasteiger partial charge in [0.05, 0.1) is 6.61 Å². The molecule has 0 radical (unpaired) electrons. The number of benzene rings is 2. The van der Waals surface area contributed by atoms with Gasteiger partial charge < -0.3 is 15.4 Å². The van der Waals surface area contributed by atoms with Gasteiger partial charge >= 0.3 is 5.97 Å². The molecule has 5 heteroatoms. The molecule has 1 heterocycles. The van der Waals surface area contributed by atoms with Gasteiger partial charge in [-0.2, -0.15) is 0 Å². The highest BCUT2D eigenvalue weighted by Crippen LogP contribution is 2.22. The monoisotopic (exact) mass is 286 g/mol. The maximum atomic E-state index is 11.4. The van der Waals surface area contributed by atoms with Crippen molar-refractivity contribution in [2.75, 3.05) is 11.9 Å². The number of ether oxygens (including phenoxy) is 1. The Kier molecular flexibility index (Phi) is 3.52. The van der Waals surface area contributed by atoms with E-state index in [0.717, 1.165) is 16.5 Å². The minimum atomic E-state index is -0.343. The van der Waals surface area contributed by atoms with Crippen LogP contribution in [0.15, 0.2) is 42.5 Å². The predicted octanol–water partition coefficient (Wildman–Crippen LogP) is 2.44. The van der Waals surface area contributed by atoms with Gasteiger partial charge in [-0.3, -0.25) is 0 Å². The summed E-state index contributed by atoms with van der Waals surface area (Å²) in [6, 6.07) is 13.7. The lowest BCUT2D eigenvalue weighted by atomic mass is 10.1. The topological polar surface area (TPSA) is 50.4 Å². The van der Waals surface area contributed by atoms with Crippen LogP contribution in [0.25, 0.3) is 10.8 Å². The minimum absolute atomic E-state index is 0.243. The second-order valence-corrected chi connectivity index (χ2v) is 5.04. The van der Waals surface area contributed by atoms with Gasteiger partial charge in [-0.1, -0.05) is 36.4 Å². The molecule has 1 saturated heterocycles. The van der Waals surface area contributed by atoms with Gasteiger partial charge in [-0.25, -0.2) is 4.79 Å². The van der Waals surface area contributed by atoms with Crippen LogP contribution in [0.5, 0.6) is 0 Å². The molecular formula is C15H14N2O2S. The van der Waals surface area contributed by atoms with Crippen LogP contribution in [-0.2, 0) is 9.53 Å². The van der Waals surface area contributed by atoms with Crippen molar-refractivity contribution in [3.05, 3.63) is 42.5 Å². The number of nitrogens with one attached hydrogen (secondary N) is 2. The number of anilines is 1. The molecule has 2 N–H and O–H groups in total. The molecule has 0 aromatic heterocycles. The summed E-state index contributed by atoms with van der Waals surface area (Å²) in [5.41, 5.74) is 0.923. The molecule has 3 rings (SSSR count). The first-order valence-corrected chi connectivity index (χ1v) is 6.87. The average Bonchev–Trinajstić information content (AvgIpc) is 2.85. The highest BCUT2D eigenvalue weighted by molar-refractivity contribution is 7.80. The highest BCUT2D eigenvalue weighted by atomic mass is 32.1. The largest absolute Gasteiger partial charge is 0.464 e. The van der Waals surface area contributed by atoms with E-state index in [1.807, 2.05) is 42.5 Å². The molecule has 0 saturated carbocycles. The quantitative estimate of drug-likeness (QED) is 0.656. The summed E-state index contributed by atoms with van der Waals surface area (Å²) in [5.74, 6) is -0.243. The molecule has 2 aromatic rings. The van der Waals surface area contributed by atoms with Crippen molar-refractivity contribution >= 4 is 39.8 Å². The van der Waals surface area contributed by atoms with Crippen molar-refractivity contribution in [1.82, 2.24) is 5.32 Å². The molecule has 1 unspecified atom stereocenters. The Morgan fingerprint density at radius 3 is 2.80 bits per heavy atom. The lowest BCUT2D eigenvalue weighted by Gasteiger charge is -2.14. The smallest absolute Gasteiger partial charge is 0.328 e. The van der Waals surface area contributed by atoms with E-state index < -0.39 is 0 Å². The number of rotatable bonds is 2. The van der Waals surface area contributed by atoms with Crippen LogP contribution in [0.3, 0.4) is 0 Å². The zero-order valence-electron chi connectivity index (χ0n) is 10.8. The van der Waals surface area contributed by atoms with Crippen LogP contribution in [0.2, 0.25) is 0 Å². The zero-order valence-corrected chi connectivity index (χ0v) is 11.6. The number of hydrogen-bond acceptors (Lipinski definition) is 3. The maximum Gasteiger partial charge on any atom is 0.328 e. The van der Waals surface area contributed by atoms with Crippen molar-refractivity contribution in [2.24, 2.45) is 0 Å². The summed E-state index contributed by atoms with van der Waals surface area (Å²) < 4.78 is 4.90. The summed E-state index contributed by atoms with van der Waals surface area (Å²) in [5, 5.41) is 8.80. The lowest BCUT2D eigenvalue weighted by molar-refractivity contribution is -0.139. The summed E-state index contributed by atoms with van der Waals surface area (Å²) in [4.78, 5) is 11.4.